The first-order valence-corrected chi connectivity index (χ1v) is 8.14. The zero-order chi connectivity index (χ0) is 15.8. The van der Waals surface area contributed by atoms with Crippen molar-refractivity contribution in [3.05, 3.63) is 39.9 Å². The van der Waals surface area contributed by atoms with E-state index in [1.54, 1.807) is 12.1 Å². The van der Waals surface area contributed by atoms with E-state index in [1.807, 2.05) is 19.9 Å². The van der Waals surface area contributed by atoms with E-state index in [1.165, 1.54) is 17.8 Å². The summed E-state index contributed by atoms with van der Waals surface area (Å²) in [6, 6.07) is 6.75. The first kappa shape index (κ1) is 17.5. The molecule has 5 nitrogen and oxygen atoms in total. The van der Waals surface area contributed by atoms with Crippen LogP contribution in [0.15, 0.2) is 24.3 Å². The number of nitrogens with one attached hydrogen (secondary N) is 1. The SMILES string of the molecule is CCC[C@H](C)NC(=O)CS[C@@H](C)c1cccc([N+](=O)[O-])c1. The second kappa shape index (κ2) is 8.67. The summed E-state index contributed by atoms with van der Waals surface area (Å²) < 4.78 is 0. The molecule has 0 aliphatic rings. The van der Waals surface area contributed by atoms with Crippen molar-refractivity contribution >= 4 is 23.4 Å². The van der Waals surface area contributed by atoms with Gasteiger partial charge in [0.05, 0.1) is 10.7 Å². The van der Waals surface area contributed by atoms with Gasteiger partial charge in [0.15, 0.2) is 0 Å². The maximum absolute atomic E-state index is 11.8. The third-order valence-corrected chi connectivity index (χ3v) is 4.34. The number of amides is 1. The average Bonchev–Trinajstić information content (AvgIpc) is 2.45. The number of nitrogens with zero attached hydrogens (tertiary/aromatic N) is 1. The van der Waals surface area contributed by atoms with E-state index in [2.05, 4.69) is 12.2 Å². The summed E-state index contributed by atoms with van der Waals surface area (Å²) in [7, 11) is 0. The molecule has 0 saturated heterocycles. The molecule has 0 unspecified atom stereocenters. The van der Waals surface area contributed by atoms with E-state index < -0.39 is 4.92 Å². The van der Waals surface area contributed by atoms with Gasteiger partial charge >= 0.3 is 0 Å². The first-order chi connectivity index (χ1) is 9.93. The number of nitro benzene ring substituents is 1. The molecule has 0 aromatic heterocycles. The number of hydrogen-bond acceptors (Lipinski definition) is 4. The molecule has 0 fully saturated rings. The predicted octanol–water partition coefficient (Wildman–Crippen LogP) is 3.69. The molecule has 0 aliphatic carbocycles. The highest BCUT2D eigenvalue weighted by atomic mass is 32.2. The second-order valence-electron chi connectivity index (χ2n) is 5.06. The Hall–Kier alpha value is -1.56. The minimum atomic E-state index is -0.403. The van der Waals surface area contributed by atoms with Gasteiger partial charge in [-0.1, -0.05) is 25.5 Å². The predicted molar refractivity (Wildman–Crippen MR) is 86.5 cm³/mol. The second-order valence-corrected chi connectivity index (χ2v) is 6.39. The molecule has 2 atom stereocenters. The first-order valence-electron chi connectivity index (χ1n) is 7.09. The summed E-state index contributed by atoms with van der Waals surface area (Å²) in [5.41, 5.74) is 0.949. The molecule has 21 heavy (non-hydrogen) atoms. The van der Waals surface area contributed by atoms with Gasteiger partial charge < -0.3 is 5.32 Å². The number of non-ortho nitro benzene ring substituents is 1. The monoisotopic (exact) mass is 310 g/mol. The van der Waals surface area contributed by atoms with E-state index in [-0.39, 0.29) is 22.9 Å². The van der Waals surface area contributed by atoms with Crippen molar-refractivity contribution in [1.29, 1.82) is 0 Å². The molecule has 1 N–H and O–H groups in total. The minimum absolute atomic E-state index is 0.0123. The van der Waals surface area contributed by atoms with E-state index in [0.717, 1.165) is 18.4 Å². The number of nitro groups is 1. The Morgan fingerprint density at radius 3 is 2.76 bits per heavy atom. The van der Waals surface area contributed by atoms with Gasteiger partial charge in [-0.25, -0.2) is 0 Å². The van der Waals surface area contributed by atoms with E-state index >= 15 is 0 Å². The molecule has 0 saturated carbocycles. The quantitative estimate of drug-likeness (QED) is 0.587. The lowest BCUT2D eigenvalue weighted by Crippen LogP contribution is -2.33. The summed E-state index contributed by atoms with van der Waals surface area (Å²) in [4.78, 5) is 22.2. The van der Waals surface area contributed by atoms with Crippen LogP contribution in [0.1, 0.15) is 44.4 Å². The van der Waals surface area contributed by atoms with Crippen LogP contribution < -0.4 is 5.32 Å². The van der Waals surface area contributed by atoms with E-state index in [9.17, 15) is 14.9 Å². The summed E-state index contributed by atoms with van der Waals surface area (Å²) in [5, 5.41) is 13.7. The number of thioether (sulfide) groups is 1. The van der Waals surface area contributed by atoms with Crippen molar-refractivity contribution in [3.8, 4) is 0 Å². The highest BCUT2D eigenvalue weighted by molar-refractivity contribution is 8.00. The fourth-order valence-electron chi connectivity index (χ4n) is 2.01. The van der Waals surface area contributed by atoms with Crippen LogP contribution in [0.4, 0.5) is 5.69 Å². The molecule has 1 amide bonds. The topological polar surface area (TPSA) is 72.2 Å². The lowest BCUT2D eigenvalue weighted by molar-refractivity contribution is -0.384. The van der Waals surface area contributed by atoms with Gasteiger partial charge in [-0.15, -0.1) is 11.8 Å². The van der Waals surface area contributed by atoms with Gasteiger partial charge in [0.25, 0.3) is 5.69 Å². The van der Waals surface area contributed by atoms with Crippen LogP contribution in [0.25, 0.3) is 0 Å². The summed E-state index contributed by atoms with van der Waals surface area (Å²) >= 11 is 1.48. The molecule has 0 heterocycles. The van der Waals surface area contributed by atoms with Crippen LogP contribution in [-0.2, 0) is 4.79 Å². The van der Waals surface area contributed by atoms with Crippen LogP contribution in [0.5, 0.6) is 0 Å². The normalized spacial score (nSPS) is 13.5. The summed E-state index contributed by atoms with van der Waals surface area (Å²) in [6.45, 7) is 6.03. The number of rotatable bonds is 8. The van der Waals surface area contributed by atoms with Crippen LogP contribution in [-0.4, -0.2) is 22.6 Å². The number of benzene rings is 1. The fraction of sp³-hybridized carbons (Fsp3) is 0.533. The largest absolute Gasteiger partial charge is 0.353 e. The molecule has 0 radical (unpaired) electrons. The summed E-state index contributed by atoms with van der Waals surface area (Å²) in [5.74, 6) is 0.371. The molecule has 6 heteroatoms. The van der Waals surface area contributed by atoms with E-state index in [0.29, 0.717) is 5.75 Å². The molecular formula is C15H22N2O3S. The van der Waals surface area contributed by atoms with Gasteiger partial charge in [0.1, 0.15) is 0 Å². The average molecular weight is 310 g/mol. The van der Waals surface area contributed by atoms with Gasteiger partial charge in [-0.3, -0.25) is 14.9 Å². The van der Waals surface area contributed by atoms with Crippen molar-refractivity contribution < 1.29 is 9.72 Å². The van der Waals surface area contributed by atoms with Gasteiger partial charge in [0, 0.05) is 23.4 Å². The maximum Gasteiger partial charge on any atom is 0.269 e. The van der Waals surface area contributed by atoms with Crippen molar-refractivity contribution in [1.82, 2.24) is 5.32 Å². The van der Waals surface area contributed by atoms with Crippen LogP contribution in [0, 0.1) is 10.1 Å². The Morgan fingerprint density at radius 1 is 1.43 bits per heavy atom. The minimum Gasteiger partial charge on any atom is -0.353 e. The molecule has 1 aromatic rings. The Kier molecular flexibility index (Phi) is 7.22. The van der Waals surface area contributed by atoms with Crippen LogP contribution in [0.3, 0.4) is 0 Å². The van der Waals surface area contributed by atoms with Crippen LogP contribution >= 0.6 is 11.8 Å². The number of hydrogen-bond donors (Lipinski definition) is 1. The zero-order valence-corrected chi connectivity index (χ0v) is 13.5. The van der Waals surface area contributed by atoms with Gasteiger partial charge in [0.2, 0.25) is 5.91 Å². The molecule has 0 aliphatic heterocycles. The molecule has 0 spiro atoms. The standard InChI is InChI=1S/C15H22N2O3S/c1-4-6-11(2)16-15(18)10-21-12(3)13-7-5-8-14(9-13)17(19)20/h5,7-9,11-12H,4,6,10H2,1-3H3,(H,16,18)/t11-,12-/m0/s1. The lowest BCUT2D eigenvalue weighted by atomic mass is 10.1. The number of carbonyl (C=O) groups excluding carboxylic acids is 1. The third kappa shape index (κ3) is 6.16. The molecule has 1 aromatic carbocycles. The molecule has 0 bridgehead atoms. The molecule has 116 valence electrons. The zero-order valence-electron chi connectivity index (χ0n) is 12.7. The molecular weight excluding hydrogens is 288 g/mol. The lowest BCUT2D eigenvalue weighted by Gasteiger charge is -2.15. The maximum atomic E-state index is 11.8. The number of carbonyl (C=O) groups is 1. The van der Waals surface area contributed by atoms with Crippen molar-refractivity contribution in [2.75, 3.05) is 5.75 Å². The third-order valence-electron chi connectivity index (χ3n) is 3.14. The fourth-order valence-corrected chi connectivity index (χ4v) is 2.83. The Labute approximate surface area is 129 Å². The highest BCUT2D eigenvalue weighted by Gasteiger charge is 2.13. The smallest absolute Gasteiger partial charge is 0.269 e. The highest BCUT2D eigenvalue weighted by Crippen LogP contribution is 2.29. The van der Waals surface area contributed by atoms with Gasteiger partial charge in [-0.05, 0) is 25.8 Å². The molecule has 1 rings (SSSR count). The van der Waals surface area contributed by atoms with Crippen molar-refractivity contribution in [2.24, 2.45) is 0 Å². The van der Waals surface area contributed by atoms with Crippen LogP contribution in [0.2, 0.25) is 0 Å². The Balaban J connectivity index is 2.50. The Morgan fingerprint density at radius 2 is 2.14 bits per heavy atom. The van der Waals surface area contributed by atoms with Crippen molar-refractivity contribution in [2.45, 2.75) is 44.9 Å². The summed E-state index contributed by atoms with van der Waals surface area (Å²) in [6.07, 6.45) is 2.01. The van der Waals surface area contributed by atoms with E-state index in [4.69, 9.17) is 0 Å². The Bertz CT molecular complexity index is 494. The van der Waals surface area contributed by atoms with Gasteiger partial charge in [-0.2, -0.15) is 0 Å². The van der Waals surface area contributed by atoms with Crippen molar-refractivity contribution in [3.63, 3.8) is 0 Å².